The molecule has 0 aromatic rings. The molecule has 88 valence electrons. The van der Waals surface area contributed by atoms with Gasteiger partial charge in [-0.1, -0.05) is 0 Å². The number of halogens is 2. The van der Waals surface area contributed by atoms with Gasteiger partial charge in [-0.3, -0.25) is 9.59 Å². The summed E-state index contributed by atoms with van der Waals surface area (Å²) in [5.41, 5.74) is 0. The molecule has 0 spiro atoms. The van der Waals surface area contributed by atoms with E-state index in [1.807, 2.05) is 0 Å². The summed E-state index contributed by atoms with van der Waals surface area (Å²) >= 11 is 0. The minimum absolute atomic E-state index is 0. The third-order valence-electron chi connectivity index (χ3n) is 1.78. The summed E-state index contributed by atoms with van der Waals surface area (Å²) in [5.74, 6) is 0.259. The van der Waals surface area contributed by atoms with Crippen LogP contribution in [0.25, 0.3) is 0 Å². The third kappa shape index (κ3) is 6.27. The van der Waals surface area contributed by atoms with Crippen LogP contribution in [0.3, 0.4) is 0 Å². The SMILES string of the molecule is O=C(F)[C]1[CH][CH][CH][CH]1.O=C(F)[C]1[CH][CH][CH][CH]1.[Fe+2]. The van der Waals surface area contributed by atoms with Gasteiger partial charge in [0.2, 0.25) is 0 Å². The molecular formula is C12H8F2FeO2+2. The maximum absolute atomic E-state index is 11.6. The van der Waals surface area contributed by atoms with Crippen LogP contribution < -0.4 is 0 Å². The summed E-state index contributed by atoms with van der Waals surface area (Å²) in [6.07, 6.45) is 12.2. The van der Waals surface area contributed by atoms with E-state index in [0.717, 1.165) is 0 Å². The summed E-state index contributed by atoms with van der Waals surface area (Å²) in [7, 11) is 0. The van der Waals surface area contributed by atoms with Crippen molar-refractivity contribution in [2.75, 3.05) is 0 Å². The molecule has 0 aliphatic heterocycles. The van der Waals surface area contributed by atoms with E-state index >= 15 is 0 Å². The Hall–Kier alpha value is -0.281. The zero-order valence-corrected chi connectivity index (χ0v) is 9.65. The van der Waals surface area contributed by atoms with E-state index in [2.05, 4.69) is 0 Å². The summed E-state index contributed by atoms with van der Waals surface area (Å²) < 4.78 is 23.3. The Bertz CT molecular complexity index is 221. The molecule has 2 rings (SSSR count). The van der Waals surface area contributed by atoms with Crippen molar-refractivity contribution < 1.29 is 35.4 Å². The van der Waals surface area contributed by atoms with E-state index in [1.54, 1.807) is 25.7 Å². The van der Waals surface area contributed by atoms with Crippen molar-refractivity contribution in [2.24, 2.45) is 0 Å². The molecule has 0 aromatic carbocycles. The van der Waals surface area contributed by atoms with Crippen molar-refractivity contribution in [1.29, 1.82) is 0 Å². The maximum atomic E-state index is 11.6. The summed E-state index contributed by atoms with van der Waals surface area (Å²) in [4.78, 5) is 19.7. The first-order valence-electron chi connectivity index (χ1n) is 4.44. The minimum Gasteiger partial charge on any atom is -0.260 e. The monoisotopic (exact) mass is 278 g/mol. The fourth-order valence-corrected chi connectivity index (χ4v) is 1.01. The van der Waals surface area contributed by atoms with Crippen LogP contribution in [-0.4, -0.2) is 12.1 Å². The molecule has 0 heterocycles. The van der Waals surface area contributed by atoms with Gasteiger partial charge in [0, 0.05) is 0 Å². The van der Waals surface area contributed by atoms with Gasteiger partial charge in [-0.25, -0.2) is 0 Å². The smallest absolute Gasteiger partial charge is 0.260 e. The fraction of sp³-hybridized carbons (Fsp3) is 0. The standard InChI is InChI=1S/2C6H4FO.Fe/c2*7-6(8)5-3-1-2-4-5;/h2*1-4H;/q;;+2. The molecule has 0 bridgehead atoms. The second-order valence-electron chi connectivity index (χ2n) is 2.89. The Labute approximate surface area is 111 Å². The number of rotatable bonds is 2. The largest absolute Gasteiger partial charge is 2.00 e. The van der Waals surface area contributed by atoms with Crippen LogP contribution in [0.4, 0.5) is 8.78 Å². The van der Waals surface area contributed by atoms with Gasteiger partial charge in [0.1, 0.15) is 0 Å². The molecule has 2 aliphatic carbocycles. The maximum Gasteiger partial charge on any atom is 2.00 e. The van der Waals surface area contributed by atoms with Gasteiger partial charge < -0.3 is 0 Å². The predicted molar refractivity (Wildman–Crippen MR) is 53.1 cm³/mol. The van der Waals surface area contributed by atoms with Gasteiger partial charge in [-0.2, -0.15) is 8.78 Å². The van der Waals surface area contributed by atoms with E-state index < -0.39 is 12.1 Å². The second-order valence-corrected chi connectivity index (χ2v) is 2.89. The Morgan fingerprint density at radius 3 is 1.06 bits per heavy atom. The summed E-state index contributed by atoms with van der Waals surface area (Å²) in [6.45, 7) is 0. The van der Waals surface area contributed by atoms with Crippen LogP contribution in [-0.2, 0) is 26.7 Å². The second kappa shape index (κ2) is 8.76. The number of hydrogen-bond donors (Lipinski definition) is 0. The van der Waals surface area contributed by atoms with Crippen LogP contribution in [0.1, 0.15) is 0 Å². The molecule has 0 saturated heterocycles. The Kier molecular flexibility index (Phi) is 8.61. The van der Waals surface area contributed by atoms with Crippen molar-refractivity contribution >= 4 is 12.1 Å². The molecule has 2 saturated carbocycles. The molecule has 2 nitrogen and oxygen atoms in total. The predicted octanol–water partition coefficient (Wildman–Crippen LogP) is 1.77. The Morgan fingerprint density at radius 2 is 0.941 bits per heavy atom. The molecule has 17 heavy (non-hydrogen) atoms. The van der Waals surface area contributed by atoms with Crippen LogP contribution in [0.15, 0.2) is 0 Å². The van der Waals surface area contributed by atoms with E-state index in [-0.39, 0.29) is 28.9 Å². The molecule has 2 fully saturated rings. The quantitative estimate of drug-likeness (QED) is 0.570. The van der Waals surface area contributed by atoms with Crippen molar-refractivity contribution in [1.82, 2.24) is 0 Å². The molecule has 10 radical (unpaired) electrons. The average Bonchev–Trinajstić information content (AvgIpc) is 2.93. The van der Waals surface area contributed by atoms with Crippen molar-refractivity contribution in [3.63, 3.8) is 0 Å². The first-order chi connectivity index (χ1) is 7.61. The summed E-state index contributed by atoms with van der Waals surface area (Å²) in [6, 6.07) is -2.73. The summed E-state index contributed by atoms with van der Waals surface area (Å²) in [5, 5.41) is 0. The zero-order chi connectivity index (χ0) is 12.0. The van der Waals surface area contributed by atoms with E-state index in [1.165, 1.54) is 25.7 Å². The molecule has 0 N–H and O–H groups in total. The molecule has 0 aromatic heterocycles. The van der Waals surface area contributed by atoms with Crippen LogP contribution in [0, 0.1) is 63.2 Å². The molecule has 0 unspecified atom stereocenters. The normalized spacial score (nSPS) is 20.4. The van der Waals surface area contributed by atoms with Crippen molar-refractivity contribution in [3.05, 3.63) is 63.2 Å². The molecule has 2 aliphatic rings. The topological polar surface area (TPSA) is 34.1 Å². The number of carbonyl (C=O) groups is 2. The number of carbonyl (C=O) groups excluding carboxylic acids is 2. The van der Waals surface area contributed by atoms with Gasteiger partial charge >= 0.3 is 29.1 Å². The van der Waals surface area contributed by atoms with E-state index in [0.29, 0.717) is 0 Å². The molecule has 0 atom stereocenters. The first-order valence-corrected chi connectivity index (χ1v) is 4.44. The number of hydrogen-bond acceptors (Lipinski definition) is 2. The first kappa shape index (κ1) is 16.7. The molecule has 5 heteroatoms. The van der Waals surface area contributed by atoms with Crippen LogP contribution in [0.2, 0.25) is 0 Å². The molecule has 0 amide bonds. The Balaban J connectivity index is 0.000000284. The Morgan fingerprint density at radius 1 is 0.706 bits per heavy atom. The van der Waals surface area contributed by atoms with Crippen LogP contribution >= 0.6 is 0 Å². The van der Waals surface area contributed by atoms with Crippen LogP contribution in [0.5, 0.6) is 0 Å². The average molecular weight is 278 g/mol. The van der Waals surface area contributed by atoms with Crippen molar-refractivity contribution in [2.45, 2.75) is 0 Å². The van der Waals surface area contributed by atoms with Gasteiger partial charge in [0.15, 0.2) is 0 Å². The third-order valence-corrected chi connectivity index (χ3v) is 1.78. The minimum atomic E-state index is -1.37. The van der Waals surface area contributed by atoms with Crippen molar-refractivity contribution in [3.8, 4) is 0 Å². The van der Waals surface area contributed by atoms with Gasteiger partial charge in [0.25, 0.3) is 0 Å². The van der Waals surface area contributed by atoms with Gasteiger partial charge in [-0.15, -0.1) is 0 Å². The molecular weight excluding hydrogens is 270 g/mol. The van der Waals surface area contributed by atoms with E-state index in [9.17, 15) is 18.4 Å². The van der Waals surface area contributed by atoms with Gasteiger partial charge in [0.05, 0.1) is 11.8 Å². The van der Waals surface area contributed by atoms with E-state index in [4.69, 9.17) is 0 Å². The fourth-order valence-electron chi connectivity index (χ4n) is 1.01. The van der Waals surface area contributed by atoms with Gasteiger partial charge in [-0.05, 0) is 51.4 Å². The zero-order valence-electron chi connectivity index (χ0n) is 8.54.